The molecule has 0 aliphatic carbocycles. The monoisotopic (exact) mass is 441 g/mol. The predicted molar refractivity (Wildman–Crippen MR) is 122 cm³/mol. The molecule has 0 saturated heterocycles. The number of pyridine rings is 1. The van der Waals surface area contributed by atoms with Crippen LogP contribution < -0.4 is 20.2 Å². The van der Waals surface area contributed by atoms with Crippen LogP contribution in [0.5, 0.6) is 11.5 Å². The van der Waals surface area contributed by atoms with Gasteiger partial charge in [0.2, 0.25) is 5.43 Å². The molecule has 8 nitrogen and oxygen atoms in total. The Hall–Kier alpha value is -3.29. The maximum absolute atomic E-state index is 13.6. The Balaban J connectivity index is 2.04. The van der Waals surface area contributed by atoms with Crippen LogP contribution in [0.2, 0.25) is 0 Å². The minimum Gasteiger partial charge on any atom is -0.493 e. The van der Waals surface area contributed by atoms with Crippen molar-refractivity contribution in [1.29, 1.82) is 0 Å². The molecule has 1 aromatic heterocycles. The minimum absolute atomic E-state index is 0.00000832. The summed E-state index contributed by atoms with van der Waals surface area (Å²) in [5.74, 6) is 0.351. The quantitative estimate of drug-likeness (QED) is 0.744. The van der Waals surface area contributed by atoms with E-state index in [9.17, 15) is 14.4 Å². The summed E-state index contributed by atoms with van der Waals surface area (Å²) in [5.41, 5.74) is 0.236. The van der Waals surface area contributed by atoms with Crippen LogP contribution in [0.3, 0.4) is 0 Å². The summed E-state index contributed by atoms with van der Waals surface area (Å²) in [7, 11) is 1.57. The summed E-state index contributed by atoms with van der Waals surface area (Å²) in [4.78, 5) is 40.9. The molecule has 1 atom stereocenters. The molecule has 3 rings (SSSR count). The molecular formula is C24H31N3O5. The first-order valence-electron chi connectivity index (χ1n) is 11.0. The number of hydrogen-bond donors (Lipinski definition) is 1. The number of benzene rings is 1. The summed E-state index contributed by atoms with van der Waals surface area (Å²) >= 11 is 0. The van der Waals surface area contributed by atoms with Crippen molar-refractivity contribution in [2.75, 3.05) is 26.8 Å². The Morgan fingerprint density at radius 2 is 1.97 bits per heavy atom. The van der Waals surface area contributed by atoms with Crippen LogP contribution in [-0.4, -0.2) is 48.1 Å². The van der Waals surface area contributed by atoms with Crippen LogP contribution in [0.25, 0.3) is 0 Å². The second kappa shape index (κ2) is 10.3. The van der Waals surface area contributed by atoms with Crippen molar-refractivity contribution in [1.82, 2.24) is 14.8 Å². The third-order valence-corrected chi connectivity index (χ3v) is 5.71. The lowest BCUT2D eigenvalue weighted by molar-refractivity contribution is 0.0718. The Labute approximate surface area is 188 Å². The van der Waals surface area contributed by atoms with Gasteiger partial charge in [0.15, 0.2) is 11.5 Å². The molecule has 0 unspecified atom stereocenters. The number of hydrogen-bond acceptors (Lipinski definition) is 5. The highest BCUT2D eigenvalue weighted by Gasteiger charge is 2.26. The summed E-state index contributed by atoms with van der Waals surface area (Å²) in [6, 6.07) is 5.57. The zero-order valence-corrected chi connectivity index (χ0v) is 19.1. The van der Waals surface area contributed by atoms with E-state index in [1.807, 2.05) is 32.0 Å². The molecule has 1 aliphatic heterocycles. The van der Waals surface area contributed by atoms with E-state index in [1.165, 1.54) is 0 Å². The maximum atomic E-state index is 13.6. The lowest BCUT2D eigenvalue weighted by Crippen LogP contribution is -2.39. The van der Waals surface area contributed by atoms with E-state index in [1.54, 1.807) is 35.9 Å². The number of carbonyl (C=O) groups is 2. The Kier molecular flexibility index (Phi) is 7.56. The molecule has 0 fully saturated rings. The van der Waals surface area contributed by atoms with Crippen molar-refractivity contribution in [2.45, 2.75) is 46.2 Å². The molecule has 2 heterocycles. The molecule has 0 saturated carbocycles. The Morgan fingerprint density at radius 1 is 1.22 bits per heavy atom. The largest absolute Gasteiger partial charge is 0.493 e. The molecule has 0 radical (unpaired) electrons. The Morgan fingerprint density at radius 3 is 2.66 bits per heavy atom. The zero-order valence-electron chi connectivity index (χ0n) is 19.1. The molecule has 2 amide bonds. The number of nitrogens with zero attached hydrogens (tertiary/aromatic N) is 2. The number of ether oxygens (including phenoxy) is 2. The molecule has 1 aliphatic rings. The van der Waals surface area contributed by atoms with E-state index >= 15 is 0 Å². The second-order valence-corrected chi connectivity index (χ2v) is 7.86. The van der Waals surface area contributed by atoms with E-state index in [4.69, 9.17) is 9.47 Å². The van der Waals surface area contributed by atoms with Gasteiger partial charge in [-0.15, -0.1) is 0 Å². The number of rotatable bonds is 6. The number of nitrogens with one attached hydrogen (secondary N) is 1. The molecule has 8 heteroatoms. The molecule has 2 aromatic rings. The van der Waals surface area contributed by atoms with Gasteiger partial charge in [0.1, 0.15) is 11.1 Å². The van der Waals surface area contributed by atoms with E-state index in [0.717, 1.165) is 12.0 Å². The molecule has 0 spiro atoms. The molecule has 1 N–H and O–H groups in total. The number of methoxy groups -OCH3 is 1. The zero-order chi connectivity index (χ0) is 23.3. The van der Waals surface area contributed by atoms with Gasteiger partial charge in [-0.25, -0.2) is 0 Å². The lowest BCUT2D eigenvalue weighted by Gasteiger charge is -2.27. The topological polar surface area (TPSA) is 89.9 Å². The highest BCUT2D eigenvalue weighted by atomic mass is 16.5. The van der Waals surface area contributed by atoms with Crippen molar-refractivity contribution in [3.8, 4) is 11.5 Å². The van der Waals surface area contributed by atoms with Crippen molar-refractivity contribution in [3.05, 3.63) is 57.5 Å². The second-order valence-electron chi connectivity index (χ2n) is 7.86. The fourth-order valence-corrected chi connectivity index (χ4v) is 3.70. The standard InChI is InChI=1S/C24H31N3O5/c1-5-16(3)27-14-18(23(29)25-6-2)21(28)19(15-27)24(30)26-11-8-12-32-22-17(13-26)9-7-10-20(22)31-4/h7,9-10,14-16H,5-6,8,11-13H2,1-4H3,(H,25,29)/t16-/m1/s1. The van der Waals surface area contributed by atoms with Crippen molar-refractivity contribution in [2.24, 2.45) is 0 Å². The summed E-state index contributed by atoms with van der Waals surface area (Å²) in [5, 5.41) is 2.67. The van der Waals surface area contributed by atoms with Gasteiger partial charge in [0.05, 0.1) is 13.7 Å². The van der Waals surface area contributed by atoms with Gasteiger partial charge in [-0.1, -0.05) is 19.1 Å². The molecule has 32 heavy (non-hydrogen) atoms. The van der Waals surface area contributed by atoms with Gasteiger partial charge in [-0.05, 0) is 32.8 Å². The lowest BCUT2D eigenvalue weighted by atomic mass is 10.1. The normalized spacial score (nSPS) is 14.4. The third-order valence-electron chi connectivity index (χ3n) is 5.71. The van der Waals surface area contributed by atoms with Gasteiger partial charge in [0.25, 0.3) is 11.8 Å². The van der Waals surface area contributed by atoms with Gasteiger partial charge < -0.3 is 24.3 Å². The minimum atomic E-state index is -0.551. The van der Waals surface area contributed by atoms with Crippen LogP contribution in [0, 0.1) is 0 Å². The highest BCUT2D eigenvalue weighted by Crippen LogP contribution is 2.33. The number of para-hydroxylation sites is 1. The summed E-state index contributed by atoms with van der Waals surface area (Å²) < 4.78 is 13.1. The van der Waals surface area contributed by atoms with Gasteiger partial charge in [-0.2, -0.15) is 0 Å². The van der Waals surface area contributed by atoms with Crippen molar-refractivity contribution in [3.63, 3.8) is 0 Å². The van der Waals surface area contributed by atoms with Crippen LogP contribution in [0.15, 0.2) is 35.4 Å². The first-order valence-corrected chi connectivity index (χ1v) is 11.0. The van der Waals surface area contributed by atoms with Gasteiger partial charge in [-0.3, -0.25) is 14.4 Å². The highest BCUT2D eigenvalue weighted by molar-refractivity contribution is 5.99. The Bertz CT molecular complexity index is 1050. The average Bonchev–Trinajstić information content (AvgIpc) is 2.78. The fraction of sp³-hybridized carbons (Fsp3) is 0.458. The molecule has 0 bridgehead atoms. The number of carbonyl (C=O) groups excluding carboxylic acids is 2. The van der Waals surface area contributed by atoms with Crippen LogP contribution in [-0.2, 0) is 6.54 Å². The van der Waals surface area contributed by atoms with Crippen molar-refractivity contribution < 1.29 is 19.1 Å². The number of amides is 2. The fourth-order valence-electron chi connectivity index (χ4n) is 3.70. The van der Waals surface area contributed by atoms with Crippen LogP contribution in [0.4, 0.5) is 0 Å². The molecule has 172 valence electrons. The molecule has 1 aromatic carbocycles. The number of fused-ring (bicyclic) bond motifs is 1. The van der Waals surface area contributed by atoms with Gasteiger partial charge in [0, 0.05) is 43.6 Å². The van der Waals surface area contributed by atoms with Crippen LogP contribution >= 0.6 is 0 Å². The van der Waals surface area contributed by atoms with E-state index in [2.05, 4.69) is 5.32 Å². The summed E-state index contributed by atoms with van der Waals surface area (Å²) in [6.45, 7) is 7.31. The molecular weight excluding hydrogens is 410 g/mol. The van der Waals surface area contributed by atoms with E-state index < -0.39 is 17.2 Å². The van der Waals surface area contributed by atoms with E-state index in [-0.39, 0.29) is 23.7 Å². The predicted octanol–water partition coefficient (Wildman–Crippen LogP) is 3.00. The maximum Gasteiger partial charge on any atom is 0.259 e. The SMILES string of the molecule is CCNC(=O)c1cn([C@H](C)CC)cc(C(=O)N2CCCOc3c(cccc3OC)C2)c1=O. The smallest absolute Gasteiger partial charge is 0.259 e. The van der Waals surface area contributed by atoms with Crippen molar-refractivity contribution >= 4 is 11.8 Å². The van der Waals surface area contributed by atoms with Gasteiger partial charge >= 0.3 is 0 Å². The third kappa shape index (κ3) is 4.79. The first kappa shape index (κ1) is 23.4. The average molecular weight is 442 g/mol. The summed E-state index contributed by atoms with van der Waals surface area (Å²) in [6.07, 6.45) is 4.52. The van der Waals surface area contributed by atoms with Crippen LogP contribution in [0.1, 0.15) is 65.9 Å². The van der Waals surface area contributed by atoms with E-state index in [0.29, 0.717) is 37.6 Å². The first-order chi connectivity index (χ1) is 15.4. The number of aromatic nitrogens is 1.